The summed E-state index contributed by atoms with van der Waals surface area (Å²) >= 11 is 0. The molecule has 0 aromatic rings. The molecule has 1 unspecified atom stereocenters. The topological polar surface area (TPSA) is 80.5 Å². The lowest BCUT2D eigenvalue weighted by molar-refractivity contribution is -0.132. The molecule has 1 saturated heterocycles. The van der Waals surface area contributed by atoms with Gasteiger partial charge in [-0.25, -0.2) is 8.42 Å². The summed E-state index contributed by atoms with van der Waals surface area (Å²) in [5.41, 5.74) is 5.48. The average molecular weight is 234 g/mol. The highest BCUT2D eigenvalue weighted by Crippen LogP contribution is 2.23. The van der Waals surface area contributed by atoms with E-state index >= 15 is 0 Å². The SMILES string of the molecule is CC(N)C(=O)N1CCS(=O)(=O)C(C)(C)C1. The van der Waals surface area contributed by atoms with Gasteiger partial charge in [-0.3, -0.25) is 4.79 Å². The molecular weight excluding hydrogens is 216 g/mol. The third-order valence-electron chi connectivity index (χ3n) is 2.74. The highest BCUT2D eigenvalue weighted by atomic mass is 32.2. The summed E-state index contributed by atoms with van der Waals surface area (Å²) < 4.78 is 22.5. The van der Waals surface area contributed by atoms with Crippen LogP contribution in [0.25, 0.3) is 0 Å². The molecule has 6 heteroatoms. The van der Waals surface area contributed by atoms with Gasteiger partial charge in [-0.2, -0.15) is 0 Å². The Morgan fingerprint density at radius 1 is 1.47 bits per heavy atom. The highest BCUT2D eigenvalue weighted by molar-refractivity contribution is 7.92. The second-order valence-electron chi connectivity index (χ2n) is 4.63. The summed E-state index contributed by atoms with van der Waals surface area (Å²) in [6.45, 7) is 5.38. The molecule has 88 valence electrons. The smallest absolute Gasteiger partial charge is 0.239 e. The first kappa shape index (κ1) is 12.4. The third kappa shape index (κ3) is 2.31. The molecule has 1 fully saturated rings. The molecular formula is C9H18N2O3S. The molecule has 0 aliphatic carbocycles. The van der Waals surface area contributed by atoms with Gasteiger partial charge in [-0.05, 0) is 20.8 Å². The van der Waals surface area contributed by atoms with Crippen LogP contribution < -0.4 is 5.73 Å². The minimum absolute atomic E-state index is 0.0262. The van der Waals surface area contributed by atoms with Gasteiger partial charge in [-0.15, -0.1) is 0 Å². The molecule has 0 aromatic carbocycles. The van der Waals surface area contributed by atoms with Crippen LogP contribution in [0.5, 0.6) is 0 Å². The van der Waals surface area contributed by atoms with Crippen molar-refractivity contribution in [3.05, 3.63) is 0 Å². The van der Waals surface area contributed by atoms with Crippen LogP contribution in [-0.4, -0.2) is 48.9 Å². The van der Waals surface area contributed by atoms with Gasteiger partial charge >= 0.3 is 0 Å². The zero-order chi connectivity index (χ0) is 11.9. The zero-order valence-electron chi connectivity index (χ0n) is 9.36. The number of nitrogens with two attached hydrogens (primary N) is 1. The van der Waals surface area contributed by atoms with Gasteiger partial charge in [-0.1, -0.05) is 0 Å². The van der Waals surface area contributed by atoms with Crippen LogP contribution in [0.4, 0.5) is 0 Å². The van der Waals surface area contributed by atoms with Gasteiger partial charge in [0.25, 0.3) is 0 Å². The Bertz CT molecular complexity index is 360. The number of hydrogen-bond acceptors (Lipinski definition) is 4. The maximum absolute atomic E-state index is 11.7. The summed E-state index contributed by atoms with van der Waals surface area (Å²) in [5.74, 6) is -0.156. The molecule has 0 spiro atoms. The van der Waals surface area contributed by atoms with Crippen molar-refractivity contribution in [2.45, 2.75) is 31.6 Å². The van der Waals surface area contributed by atoms with Crippen molar-refractivity contribution in [2.24, 2.45) is 5.73 Å². The number of carbonyl (C=O) groups excluding carboxylic acids is 1. The van der Waals surface area contributed by atoms with E-state index in [1.54, 1.807) is 20.8 Å². The van der Waals surface area contributed by atoms with Gasteiger partial charge < -0.3 is 10.6 Å². The number of nitrogens with zero attached hydrogens (tertiary/aromatic N) is 1. The fraction of sp³-hybridized carbons (Fsp3) is 0.889. The Morgan fingerprint density at radius 3 is 2.40 bits per heavy atom. The first-order valence-electron chi connectivity index (χ1n) is 4.94. The van der Waals surface area contributed by atoms with E-state index in [9.17, 15) is 13.2 Å². The zero-order valence-corrected chi connectivity index (χ0v) is 10.2. The fourth-order valence-electron chi connectivity index (χ4n) is 1.62. The first-order chi connectivity index (χ1) is 6.67. The molecule has 1 atom stereocenters. The number of amides is 1. The lowest BCUT2D eigenvalue weighted by atomic mass is 10.1. The average Bonchev–Trinajstić information content (AvgIpc) is 2.08. The molecule has 0 saturated carbocycles. The first-order valence-corrected chi connectivity index (χ1v) is 6.59. The Labute approximate surface area is 90.5 Å². The van der Waals surface area contributed by atoms with E-state index in [-0.39, 0.29) is 24.7 Å². The van der Waals surface area contributed by atoms with E-state index in [1.165, 1.54) is 4.90 Å². The van der Waals surface area contributed by atoms with Crippen molar-refractivity contribution in [1.82, 2.24) is 4.90 Å². The maximum Gasteiger partial charge on any atom is 0.239 e. The Hall–Kier alpha value is -0.620. The Morgan fingerprint density at radius 2 is 2.00 bits per heavy atom. The number of carbonyl (C=O) groups is 1. The highest BCUT2D eigenvalue weighted by Gasteiger charge is 2.41. The molecule has 1 heterocycles. The van der Waals surface area contributed by atoms with Crippen molar-refractivity contribution in [3.63, 3.8) is 0 Å². The molecule has 0 bridgehead atoms. The van der Waals surface area contributed by atoms with E-state index in [2.05, 4.69) is 0 Å². The van der Waals surface area contributed by atoms with Crippen LogP contribution in [0.3, 0.4) is 0 Å². The van der Waals surface area contributed by atoms with Crippen LogP contribution in [0.2, 0.25) is 0 Å². The van der Waals surface area contributed by atoms with E-state index in [0.717, 1.165) is 0 Å². The molecule has 2 N–H and O–H groups in total. The second kappa shape index (κ2) is 3.75. The van der Waals surface area contributed by atoms with Crippen molar-refractivity contribution in [2.75, 3.05) is 18.8 Å². The largest absolute Gasteiger partial charge is 0.339 e. The van der Waals surface area contributed by atoms with Gasteiger partial charge in [0, 0.05) is 13.1 Å². The number of sulfone groups is 1. The standard InChI is InChI=1S/C9H18N2O3S/c1-7(10)8(12)11-4-5-15(13,14)9(2,3)6-11/h7H,4-6,10H2,1-3H3. The molecule has 0 aromatic heterocycles. The monoisotopic (exact) mass is 234 g/mol. The van der Waals surface area contributed by atoms with E-state index in [1.807, 2.05) is 0 Å². The van der Waals surface area contributed by atoms with Crippen LogP contribution >= 0.6 is 0 Å². The fourth-order valence-corrected chi connectivity index (χ4v) is 2.99. The van der Waals surface area contributed by atoms with Gasteiger partial charge in [0.2, 0.25) is 5.91 Å². The van der Waals surface area contributed by atoms with Gasteiger partial charge in [0.05, 0.1) is 16.5 Å². The second-order valence-corrected chi connectivity index (χ2v) is 7.37. The van der Waals surface area contributed by atoms with E-state index in [0.29, 0.717) is 0 Å². The van der Waals surface area contributed by atoms with Crippen LogP contribution in [0, 0.1) is 0 Å². The summed E-state index contributed by atoms with van der Waals surface area (Å²) in [5, 5.41) is 0. The molecule has 0 radical (unpaired) electrons. The van der Waals surface area contributed by atoms with Crippen molar-refractivity contribution >= 4 is 15.7 Å². The quantitative estimate of drug-likeness (QED) is 0.655. The van der Waals surface area contributed by atoms with E-state index in [4.69, 9.17) is 5.73 Å². The molecule has 5 nitrogen and oxygen atoms in total. The normalized spacial score (nSPS) is 26.0. The number of rotatable bonds is 1. The van der Waals surface area contributed by atoms with Crippen molar-refractivity contribution in [1.29, 1.82) is 0 Å². The van der Waals surface area contributed by atoms with Crippen LogP contribution in [0.1, 0.15) is 20.8 Å². The summed E-state index contributed by atoms with van der Waals surface area (Å²) in [6.07, 6.45) is 0. The Balaban J connectivity index is 2.84. The molecule has 1 rings (SSSR count). The van der Waals surface area contributed by atoms with Crippen molar-refractivity contribution < 1.29 is 13.2 Å². The predicted octanol–water partition coefficient (Wildman–Crippen LogP) is -0.631. The summed E-state index contributed by atoms with van der Waals surface area (Å²) in [6, 6.07) is -0.568. The molecule has 15 heavy (non-hydrogen) atoms. The minimum Gasteiger partial charge on any atom is -0.339 e. The molecule has 1 amide bonds. The lowest BCUT2D eigenvalue weighted by Gasteiger charge is -2.38. The maximum atomic E-state index is 11.7. The van der Waals surface area contributed by atoms with Crippen LogP contribution in [0.15, 0.2) is 0 Å². The Kier molecular flexibility index (Phi) is 3.11. The summed E-state index contributed by atoms with van der Waals surface area (Å²) in [4.78, 5) is 13.1. The van der Waals surface area contributed by atoms with Crippen molar-refractivity contribution in [3.8, 4) is 0 Å². The predicted molar refractivity (Wildman–Crippen MR) is 58.1 cm³/mol. The lowest BCUT2D eigenvalue weighted by Crippen LogP contribution is -2.57. The van der Waals surface area contributed by atoms with Gasteiger partial charge in [0.15, 0.2) is 9.84 Å². The van der Waals surface area contributed by atoms with E-state index < -0.39 is 20.6 Å². The van der Waals surface area contributed by atoms with Crippen LogP contribution in [-0.2, 0) is 14.6 Å². The third-order valence-corrected chi connectivity index (χ3v) is 5.28. The number of hydrogen-bond donors (Lipinski definition) is 1. The molecule has 1 aliphatic heterocycles. The van der Waals surface area contributed by atoms with Gasteiger partial charge in [0.1, 0.15) is 0 Å². The summed E-state index contributed by atoms with van der Waals surface area (Å²) in [7, 11) is -3.09. The molecule has 1 aliphatic rings. The minimum atomic E-state index is -3.09.